The molecule has 0 saturated carbocycles. The van der Waals surface area contributed by atoms with E-state index in [1.165, 1.54) is 4.90 Å². The fourth-order valence-electron chi connectivity index (χ4n) is 3.09. The van der Waals surface area contributed by atoms with Gasteiger partial charge in [-0.15, -0.1) is 0 Å². The Balaban J connectivity index is 1.87. The molecule has 0 aliphatic carbocycles. The molecule has 0 bridgehead atoms. The van der Waals surface area contributed by atoms with Gasteiger partial charge in [0.2, 0.25) is 0 Å². The molecule has 0 radical (unpaired) electrons. The number of halogens is 1. The second kappa shape index (κ2) is 9.01. The monoisotopic (exact) mass is 414 g/mol. The maximum absolute atomic E-state index is 12.8. The van der Waals surface area contributed by atoms with Gasteiger partial charge in [0.05, 0.1) is 24.8 Å². The molecular formula is C22H23ClN2O4. The summed E-state index contributed by atoms with van der Waals surface area (Å²) in [6, 6.07) is 10.6. The SMILES string of the molecule is CCOc1cc(/C=C2/NC(=O)N(Cc3cccc(C)c3)C2=O)cc(Cl)c1OCC. The largest absolute Gasteiger partial charge is 0.490 e. The van der Waals surface area contributed by atoms with Gasteiger partial charge in [-0.2, -0.15) is 0 Å². The molecule has 152 valence electrons. The van der Waals surface area contributed by atoms with Crippen molar-refractivity contribution in [3.63, 3.8) is 0 Å². The standard InChI is InChI=1S/C22H23ClN2O4/c1-4-28-19-12-16(10-17(23)20(19)29-5-2)11-18-21(26)25(22(27)24-18)13-15-8-6-7-14(3)9-15/h6-12H,4-5,13H2,1-3H3,(H,24,27)/b18-11+. The fraction of sp³-hybridized carbons (Fsp3) is 0.273. The van der Waals surface area contributed by atoms with Crippen LogP contribution < -0.4 is 14.8 Å². The van der Waals surface area contributed by atoms with Crippen LogP contribution in [0.1, 0.15) is 30.5 Å². The third kappa shape index (κ3) is 4.71. The van der Waals surface area contributed by atoms with Crippen LogP contribution in [0.25, 0.3) is 6.08 Å². The first-order chi connectivity index (χ1) is 13.9. The van der Waals surface area contributed by atoms with Crippen molar-refractivity contribution in [2.75, 3.05) is 13.2 Å². The van der Waals surface area contributed by atoms with Crippen molar-refractivity contribution in [2.45, 2.75) is 27.3 Å². The van der Waals surface area contributed by atoms with Gasteiger partial charge in [-0.05, 0) is 50.1 Å². The molecule has 2 aromatic rings. The van der Waals surface area contributed by atoms with Gasteiger partial charge in [-0.25, -0.2) is 4.79 Å². The summed E-state index contributed by atoms with van der Waals surface area (Å²) in [6.45, 7) is 6.78. The van der Waals surface area contributed by atoms with E-state index in [9.17, 15) is 9.59 Å². The van der Waals surface area contributed by atoms with Gasteiger partial charge in [0.15, 0.2) is 11.5 Å². The summed E-state index contributed by atoms with van der Waals surface area (Å²) in [5.41, 5.74) is 2.77. The number of nitrogens with zero attached hydrogens (tertiary/aromatic N) is 1. The van der Waals surface area contributed by atoms with Crippen LogP contribution in [0.2, 0.25) is 5.02 Å². The number of aryl methyl sites for hydroxylation is 1. The average Bonchev–Trinajstić information content (AvgIpc) is 2.92. The van der Waals surface area contributed by atoms with E-state index < -0.39 is 6.03 Å². The lowest BCUT2D eigenvalue weighted by atomic mass is 10.1. The van der Waals surface area contributed by atoms with E-state index >= 15 is 0 Å². The number of rotatable bonds is 7. The summed E-state index contributed by atoms with van der Waals surface area (Å²) >= 11 is 6.33. The Labute approximate surface area is 175 Å². The minimum atomic E-state index is -0.454. The van der Waals surface area contributed by atoms with E-state index in [-0.39, 0.29) is 18.1 Å². The van der Waals surface area contributed by atoms with Gasteiger partial charge in [-0.1, -0.05) is 41.4 Å². The number of benzene rings is 2. The highest BCUT2D eigenvalue weighted by Gasteiger charge is 2.33. The van der Waals surface area contributed by atoms with E-state index in [4.69, 9.17) is 21.1 Å². The first-order valence-electron chi connectivity index (χ1n) is 9.42. The minimum Gasteiger partial charge on any atom is -0.490 e. The minimum absolute atomic E-state index is 0.185. The van der Waals surface area contributed by atoms with Crippen molar-refractivity contribution in [3.05, 3.63) is 63.8 Å². The van der Waals surface area contributed by atoms with Gasteiger partial charge in [0.25, 0.3) is 5.91 Å². The normalized spacial score (nSPS) is 15.0. The van der Waals surface area contributed by atoms with Crippen molar-refractivity contribution in [3.8, 4) is 11.5 Å². The molecular weight excluding hydrogens is 392 g/mol. The fourth-order valence-corrected chi connectivity index (χ4v) is 3.37. The summed E-state index contributed by atoms with van der Waals surface area (Å²) < 4.78 is 11.2. The van der Waals surface area contributed by atoms with Gasteiger partial charge in [-0.3, -0.25) is 9.69 Å². The summed E-state index contributed by atoms with van der Waals surface area (Å²) in [5.74, 6) is 0.558. The number of imide groups is 1. The predicted molar refractivity (Wildman–Crippen MR) is 112 cm³/mol. The second-order valence-corrected chi connectivity index (χ2v) is 6.97. The molecule has 1 aliphatic rings. The first kappa shape index (κ1) is 20.7. The molecule has 29 heavy (non-hydrogen) atoms. The molecule has 0 aromatic heterocycles. The molecule has 0 spiro atoms. The summed E-state index contributed by atoms with van der Waals surface area (Å²) in [7, 11) is 0. The molecule has 1 heterocycles. The predicted octanol–water partition coefficient (Wildman–Crippen LogP) is 4.54. The average molecular weight is 415 g/mol. The zero-order chi connectivity index (χ0) is 21.0. The van der Waals surface area contributed by atoms with Crippen LogP contribution in [0.3, 0.4) is 0 Å². The maximum atomic E-state index is 12.8. The smallest absolute Gasteiger partial charge is 0.329 e. The van der Waals surface area contributed by atoms with E-state index in [0.29, 0.717) is 35.3 Å². The molecule has 1 aliphatic heterocycles. The number of urea groups is 1. The Kier molecular flexibility index (Phi) is 6.44. The first-order valence-corrected chi connectivity index (χ1v) is 9.80. The quantitative estimate of drug-likeness (QED) is 0.533. The number of hydrogen-bond donors (Lipinski definition) is 1. The van der Waals surface area contributed by atoms with Crippen molar-refractivity contribution < 1.29 is 19.1 Å². The van der Waals surface area contributed by atoms with E-state index in [1.54, 1.807) is 18.2 Å². The van der Waals surface area contributed by atoms with Crippen molar-refractivity contribution in [1.82, 2.24) is 10.2 Å². The highest BCUT2D eigenvalue weighted by Crippen LogP contribution is 2.37. The molecule has 3 amide bonds. The lowest BCUT2D eigenvalue weighted by Crippen LogP contribution is -2.30. The molecule has 1 fully saturated rings. The molecule has 6 nitrogen and oxygen atoms in total. The third-order valence-corrected chi connectivity index (χ3v) is 4.60. The molecule has 0 unspecified atom stereocenters. The second-order valence-electron chi connectivity index (χ2n) is 6.56. The van der Waals surface area contributed by atoms with Gasteiger partial charge in [0, 0.05) is 0 Å². The van der Waals surface area contributed by atoms with Crippen LogP contribution >= 0.6 is 11.6 Å². The van der Waals surface area contributed by atoms with Gasteiger partial charge in [0.1, 0.15) is 5.70 Å². The topological polar surface area (TPSA) is 67.9 Å². The van der Waals surface area contributed by atoms with Crippen molar-refractivity contribution in [2.24, 2.45) is 0 Å². The Morgan fingerprint density at radius 3 is 2.55 bits per heavy atom. The summed E-state index contributed by atoms with van der Waals surface area (Å²) in [4.78, 5) is 26.3. The molecule has 2 aromatic carbocycles. The molecule has 7 heteroatoms. The maximum Gasteiger partial charge on any atom is 0.329 e. The number of carbonyl (C=O) groups excluding carboxylic acids is 2. The lowest BCUT2D eigenvalue weighted by Gasteiger charge is -2.13. The number of ether oxygens (including phenoxy) is 2. The van der Waals surface area contributed by atoms with Crippen LogP contribution in [0.5, 0.6) is 11.5 Å². The van der Waals surface area contributed by atoms with E-state index in [2.05, 4.69) is 5.32 Å². The highest BCUT2D eigenvalue weighted by molar-refractivity contribution is 6.32. The summed E-state index contributed by atoms with van der Waals surface area (Å²) in [5, 5.41) is 3.00. The van der Waals surface area contributed by atoms with Crippen LogP contribution in [0.15, 0.2) is 42.1 Å². The van der Waals surface area contributed by atoms with Gasteiger partial charge >= 0.3 is 6.03 Å². The zero-order valence-electron chi connectivity index (χ0n) is 16.6. The Hall–Kier alpha value is -2.99. The molecule has 1 N–H and O–H groups in total. The van der Waals surface area contributed by atoms with Crippen molar-refractivity contribution in [1.29, 1.82) is 0 Å². The van der Waals surface area contributed by atoms with Crippen LogP contribution in [0, 0.1) is 6.92 Å². The molecule has 0 atom stereocenters. The van der Waals surface area contributed by atoms with Crippen LogP contribution in [-0.2, 0) is 11.3 Å². The van der Waals surface area contributed by atoms with Crippen LogP contribution in [-0.4, -0.2) is 30.1 Å². The molecule has 3 rings (SSSR count). The number of amides is 3. The third-order valence-electron chi connectivity index (χ3n) is 4.32. The Morgan fingerprint density at radius 2 is 1.86 bits per heavy atom. The zero-order valence-corrected chi connectivity index (χ0v) is 17.4. The van der Waals surface area contributed by atoms with Gasteiger partial charge < -0.3 is 14.8 Å². The highest BCUT2D eigenvalue weighted by atomic mass is 35.5. The Morgan fingerprint density at radius 1 is 1.10 bits per heavy atom. The Bertz CT molecular complexity index is 971. The number of carbonyl (C=O) groups is 2. The van der Waals surface area contributed by atoms with Crippen LogP contribution in [0.4, 0.5) is 4.79 Å². The van der Waals surface area contributed by atoms with Crippen molar-refractivity contribution >= 4 is 29.6 Å². The lowest BCUT2D eigenvalue weighted by molar-refractivity contribution is -0.123. The number of hydrogen-bond acceptors (Lipinski definition) is 4. The van der Waals surface area contributed by atoms with E-state index in [0.717, 1.165) is 11.1 Å². The van der Waals surface area contributed by atoms with E-state index in [1.807, 2.05) is 45.0 Å². The summed E-state index contributed by atoms with van der Waals surface area (Å²) in [6.07, 6.45) is 1.58. The number of nitrogens with one attached hydrogen (secondary N) is 1. The molecule has 1 saturated heterocycles.